The first-order valence-electron chi connectivity index (χ1n) is 3.83. The van der Waals surface area contributed by atoms with E-state index in [-0.39, 0.29) is 6.61 Å². The van der Waals surface area contributed by atoms with Gasteiger partial charge in [0.1, 0.15) is 0 Å². The van der Waals surface area contributed by atoms with Gasteiger partial charge in [0.05, 0.1) is 18.5 Å². The summed E-state index contributed by atoms with van der Waals surface area (Å²) in [7, 11) is 0. The van der Waals surface area contributed by atoms with Crippen molar-refractivity contribution in [2.75, 3.05) is 0 Å². The summed E-state index contributed by atoms with van der Waals surface area (Å²) < 4.78 is 0. The van der Waals surface area contributed by atoms with Crippen LogP contribution in [0.4, 0.5) is 0 Å². The number of nitrogens with one attached hydrogen (secondary N) is 1. The summed E-state index contributed by atoms with van der Waals surface area (Å²) in [4.78, 5) is 3.03. The Hall–Kier alpha value is -1.13. The summed E-state index contributed by atoms with van der Waals surface area (Å²) in [5.41, 5.74) is 1.63. The van der Waals surface area contributed by atoms with Crippen LogP contribution in [0.15, 0.2) is 6.20 Å². The van der Waals surface area contributed by atoms with Crippen molar-refractivity contribution in [1.82, 2.24) is 15.2 Å². The summed E-state index contributed by atoms with van der Waals surface area (Å²) >= 11 is 5.85. The second kappa shape index (κ2) is 2.97. The third-order valence-corrected chi connectivity index (χ3v) is 2.27. The molecule has 2 rings (SSSR count). The van der Waals surface area contributed by atoms with E-state index in [2.05, 4.69) is 15.2 Å². The van der Waals surface area contributed by atoms with E-state index >= 15 is 0 Å². The Bertz CT molecular complexity index is 452. The molecule has 5 heteroatoms. The van der Waals surface area contributed by atoms with Crippen molar-refractivity contribution >= 4 is 22.4 Å². The van der Waals surface area contributed by atoms with E-state index in [1.807, 2.05) is 6.92 Å². The second-order valence-corrected chi connectivity index (χ2v) is 3.17. The first-order valence-corrected chi connectivity index (χ1v) is 4.21. The Balaban J connectivity index is 2.89. The Kier molecular flexibility index (Phi) is 1.94. The molecule has 2 aromatic rings. The lowest BCUT2D eigenvalue weighted by atomic mass is 10.2. The molecule has 4 nitrogen and oxygen atoms in total. The Morgan fingerprint density at radius 1 is 1.62 bits per heavy atom. The van der Waals surface area contributed by atoms with Gasteiger partial charge in [0.2, 0.25) is 0 Å². The van der Waals surface area contributed by atoms with E-state index in [4.69, 9.17) is 16.7 Å². The number of aromatic nitrogens is 3. The molecule has 2 aromatic heterocycles. The van der Waals surface area contributed by atoms with Crippen LogP contribution in [0.25, 0.3) is 10.8 Å². The number of aliphatic hydroxyl groups is 1. The number of H-pyrrole nitrogens is 1. The van der Waals surface area contributed by atoms with E-state index < -0.39 is 0 Å². The Morgan fingerprint density at radius 2 is 2.38 bits per heavy atom. The van der Waals surface area contributed by atoms with Gasteiger partial charge >= 0.3 is 0 Å². The van der Waals surface area contributed by atoms with Crippen molar-refractivity contribution in [2.45, 2.75) is 13.5 Å². The molecule has 0 radical (unpaired) electrons. The van der Waals surface area contributed by atoms with E-state index in [1.165, 1.54) is 0 Å². The normalized spacial score (nSPS) is 11.0. The molecule has 0 aliphatic rings. The number of aliphatic hydroxyl groups excluding tert-OH is 1. The maximum absolute atomic E-state index is 9.04. The van der Waals surface area contributed by atoms with E-state index in [1.54, 1.807) is 6.20 Å². The summed E-state index contributed by atoms with van der Waals surface area (Å²) in [5, 5.41) is 18.5. The van der Waals surface area contributed by atoms with Crippen LogP contribution in [-0.4, -0.2) is 20.3 Å². The minimum atomic E-state index is -0.0737. The van der Waals surface area contributed by atoms with E-state index in [9.17, 15) is 0 Å². The SMILES string of the molecule is Cc1[nH]c(CO)c2c(Cl)nncc12. The average molecular weight is 198 g/mol. The van der Waals surface area contributed by atoms with E-state index in [0.717, 1.165) is 16.5 Å². The zero-order valence-corrected chi connectivity index (χ0v) is 7.76. The first-order chi connectivity index (χ1) is 6.24. The van der Waals surface area contributed by atoms with Gasteiger partial charge in [0.25, 0.3) is 0 Å². The fraction of sp³-hybridized carbons (Fsp3) is 0.250. The molecule has 2 N–H and O–H groups in total. The van der Waals surface area contributed by atoms with Crippen LogP contribution < -0.4 is 0 Å². The molecule has 0 atom stereocenters. The number of rotatable bonds is 1. The highest BCUT2D eigenvalue weighted by Gasteiger charge is 2.10. The lowest BCUT2D eigenvalue weighted by molar-refractivity contribution is 0.279. The Morgan fingerprint density at radius 3 is 3.08 bits per heavy atom. The van der Waals surface area contributed by atoms with Crippen LogP contribution in [0, 0.1) is 6.92 Å². The van der Waals surface area contributed by atoms with Gasteiger partial charge in [-0.3, -0.25) is 0 Å². The topological polar surface area (TPSA) is 61.8 Å². The molecule has 0 saturated carbocycles. The predicted molar refractivity (Wildman–Crippen MR) is 49.6 cm³/mol. The molecule has 0 amide bonds. The molecule has 0 spiro atoms. The number of aromatic amines is 1. The van der Waals surface area contributed by atoms with Crippen LogP contribution >= 0.6 is 11.6 Å². The summed E-state index contributed by atoms with van der Waals surface area (Å²) in [5.74, 6) is 0. The minimum Gasteiger partial charge on any atom is -0.390 e. The van der Waals surface area contributed by atoms with Crippen LogP contribution in [-0.2, 0) is 6.61 Å². The third kappa shape index (κ3) is 1.18. The zero-order valence-electron chi connectivity index (χ0n) is 7.00. The third-order valence-electron chi connectivity index (χ3n) is 2.01. The van der Waals surface area contributed by atoms with Gasteiger partial charge in [-0.25, -0.2) is 0 Å². The van der Waals surface area contributed by atoms with E-state index in [0.29, 0.717) is 10.8 Å². The highest BCUT2D eigenvalue weighted by Crippen LogP contribution is 2.26. The number of hydrogen-bond acceptors (Lipinski definition) is 3. The maximum Gasteiger partial charge on any atom is 0.161 e. The van der Waals surface area contributed by atoms with Gasteiger partial charge < -0.3 is 10.1 Å². The first kappa shape index (κ1) is 8.47. The number of nitrogens with zero attached hydrogens (tertiary/aromatic N) is 2. The zero-order chi connectivity index (χ0) is 9.42. The summed E-state index contributed by atoms with van der Waals surface area (Å²) in [6.07, 6.45) is 1.63. The monoisotopic (exact) mass is 197 g/mol. The quantitative estimate of drug-likeness (QED) is 0.727. The van der Waals surface area contributed by atoms with Crippen molar-refractivity contribution in [3.63, 3.8) is 0 Å². The highest BCUT2D eigenvalue weighted by atomic mass is 35.5. The Labute approximate surface area is 79.6 Å². The highest BCUT2D eigenvalue weighted by molar-refractivity contribution is 6.34. The lowest BCUT2D eigenvalue weighted by Gasteiger charge is -1.93. The fourth-order valence-electron chi connectivity index (χ4n) is 1.41. The van der Waals surface area contributed by atoms with Crippen LogP contribution in [0.3, 0.4) is 0 Å². The standard InChI is InChI=1S/C8H8ClN3O/c1-4-5-2-10-12-8(9)7(5)6(3-13)11-4/h2,11,13H,3H2,1H3. The molecule has 0 bridgehead atoms. The van der Waals surface area contributed by atoms with Gasteiger partial charge in [-0.1, -0.05) is 11.6 Å². The molecule has 0 fully saturated rings. The molecule has 2 heterocycles. The molecule has 68 valence electrons. The molecular weight excluding hydrogens is 190 g/mol. The molecule has 0 unspecified atom stereocenters. The van der Waals surface area contributed by atoms with Crippen molar-refractivity contribution in [2.24, 2.45) is 0 Å². The summed E-state index contributed by atoms with van der Waals surface area (Å²) in [6, 6.07) is 0. The fourth-order valence-corrected chi connectivity index (χ4v) is 1.67. The average Bonchev–Trinajstić information content (AvgIpc) is 2.45. The smallest absolute Gasteiger partial charge is 0.161 e. The number of aryl methyl sites for hydroxylation is 1. The molecule has 0 aromatic carbocycles. The lowest BCUT2D eigenvalue weighted by Crippen LogP contribution is -1.86. The van der Waals surface area contributed by atoms with Gasteiger partial charge in [-0.2, -0.15) is 5.10 Å². The van der Waals surface area contributed by atoms with Gasteiger partial charge in [0, 0.05) is 16.5 Å². The van der Waals surface area contributed by atoms with Crippen molar-refractivity contribution in [3.05, 3.63) is 22.7 Å². The van der Waals surface area contributed by atoms with Crippen LogP contribution in [0.2, 0.25) is 5.15 Å². The molecular formula is C8H8ClN3O. The van der Waals surface area contributed by atoms with Crippen molar-refractivity contribution < 1.29 is 5.11 Å². The van der Waals surface area contributed by atoms with Crippen LogP contribution in [0.5, 0.6) is 0 Å². The van der Waals surface area contributed by atoms with Gasteiger partial charge in [-0.05, 0) is 6.92 Å². The van der Waals surface area contributed by atoms with Crippen LogP contribution in [0.1, 0.15) is 11.4 Å². The summed E-state index contributed by atoms with van der Waals surface area (Å²) in [6.45, 7) is 1.83. The van der Waals surface area contributed by atoms with Crippen molar-refractivity contribution in [3.8, 4) is 0 Å². The molecule has 13 heavy (non-hydrogen) atoms. The minimum absolute atomic E-state index is 0.0737. The number of fused-ring (bicyclic) bond motifs is 1. The predicted octanol–water partition coefficient (Wildman–Crippen LogP) is 1.41. The molecule has 0 aliphatic heterocycles. The van der Waals surface area contributed by atoms with Crippen molar-refractivity contribution in [1.29, 1.82) is 0 Å². The second-order valence-electron chi connectivity index (χ2n) is 2.81. The number of halogens is 1. The molecule has 0 aliphatic carbocycles. The molecule has 0 saturated heterocycles. The van der Waals surface area contributed by atoms with Gasteiger partial charge in [0.15, 0.2) is 5.15 Å². The number of hydrogen-bond donors (Lipinski definition) is 2. The van der Waals surface area contributed by atoms with Gasteiger partial charge in [-0.15, -0.1) is 5.10 Å². The maximum atomic E-state index is 9.04. The largest absolute Gasteiger partial charge is 0.390 e.